The van der Waals surface area contributed by atoms with Crippen molar-refractivity contribution in [2.45, 2.75) is 26.8 Å². The van der Waals surface area contributed by atoms with E-state index in [1.165, 1.54) is 11.6 Å². The third-order valence-electron chi connectivity index (χ3n) is 6.20. The fraction of sp³-hybridized carbons (Fsp3) is 0.148. The molecule has 0 amide bonds. The summed E-state index contributed by atoms with van der Waals surface area (Å²) in [7, 11) is 0. The highest BCUT2D eigenvalue weighted by Crippen LogP contribution is 2.39. The van der Waals surface area contributed by atoms with Gasteiger partial charge in [0.25, 0.3) is 5.89 Å². The Morgan fingerprint density at radius 1 is 0.914 bits per heavy atom. The largest absolute Gasteiger partial charge is 0.351 e. The van der Waals surface area contributed by atoms with Crippen molar-refractivity contribution >= 4 is 28.6 Å². The Morgan fingerprint density at radius 2 is 1.69 bits per heavy atom. The number of anilines is 1. The van der Waals surface area contributed by atoms with Gasteiger partial charge in [-0.25, -0.2) is 8.78 Å². The highest BCUT2D eigenvalue weighted by molar-refractivity contribution is 7.80. The summed E-state index contributed by atoms with van der Waals surface area (Å²) in [5, 5.41) is 7.89. The van der Waals surface area contributed by atoms with E-state index in [9.17, 15) is 8.78 Å². The summed E-state index contributed by atoms with van der Waals surface area (Å²) in [5.41, 5.74) is 5.84. The van der Waals surface area contributed by atoms with Crippen LogP contribution in [0.1, 0.15) is 35.5 Å². The van der Waals surface area contributed by atoms with Gasteiger partial charge in [-0.15, -0.1) is 0 Å². The summed E-state index contributed by atoms with van der Waals surface area (Å²) in [6.07, 6.45) is 0. The maximum atomic E-state index is 14.1. The molecule has 1 atom stereocenters. The van der Waals surface area contributed by atoms with E-state index >= 15 is 0 Å². The number of allylic oxidation sites excluding steroid dienone is 1. The van der Waals surface area contributed by atoms with Gasteiger partial charge in [-0.1, -0.05) is 53.7 Å². The van der Waals surface area contributed by atoms with Crippen LogP contribution >= 0.6 is 12.2 Å². The SMILES string of the molecule is CC1=C(c2nc(-c3ccccc3)no2)C(c2ccc(C)c(C)c2)NC(=S)N1c1ccc(F)c(F)c1. The number of benzene rings is 3. The highest BCUT2D eigenvalue weighted by atomic mass is 32.1. The molecule has 1 aliphatic heterocycles. The Hall–Kier alpha value is -3.91. The van der Waals surface area contributed by atoms with Crippen LogP contribution < -0.4 is 10.2 Å². The first-order valence-electron chi connectivity index (χ1n) is 11.1. The molecular weight excluding hydrogens is 466 g/mol. The molecule has 176 valence electrons. The van der Waals surface area contributed by atoms with Crippen LogP contribution in [0.3, 0.4) is 0 Å². The lowest BCUT2D eigenvalue weighted by atomic mass is 9.92. The molecule has 4 aromatic rings. The molecule has 0 aliphatic carbocycles. The Labute approximate surface area is 207 Å². The number of rotatable bonds is 4. The third-order valence-corrected chi connectivity index (χ3v) is 6.50. The van der Waals surface area contributed by atoms with Crippen molar-refractivity contribution in [3.63, 3.8) is 0 Å². The number of aryl methyl sites for hydroxylation is 2. The minimum Gasteiger partial charge on any atom is -0.351 e. The quantitative estimate of drug-likeness (QED) is 0.331. The third kappa shape index (κ3) is 4.21. The smallest absolute Gasteiger partial charge is 0.258 e. The van der Waals surface area contributed by atoms with Crippen molar-refractivity contribution in [1.29, 1.82) is 0 Å². The van der Waals surface area contributed by atoms with E-state index in [-0.39, 0.29) is 6.04 Å². The van der Waals surface area contributed by atoms with Crippen molar-refractivity contribution in [3.05, 3.63) is 107 Å². The van der Waals surface area contributed by atoms with Crippen molar-refractivity contribution in [1.82, 2.24) is 15.5 Å². The lowest BCUT2D eigenvalue weighted by Gasteiger charge is -2.37. The maximum Gasteiger partial charge on any atom is 0.258 e. The minimum atomic E-state index is -0.958. The molecule has 0 bridgehead atoms. The zero-order valence-corrected chi connectivity index (χ0v) is 20.2. The number of hydrogen-bond donors (Lipinski definition) is 1. The van der Waals surface area contributed by atoms with E-state index < -0.39 is 11.6 Å². The molecule has 1 unspecified atom stereocenters. The van der Waals surface area contributed by atoms with Crippen molar-refractivity contribution in [2.24, 2.45) is 0 Å². The molecule has 35 heavy (non-hydrogen) atoms. The first kappa shape index (κ1) is 22.9. The standard InChI is InChI=1S/C27H22F2N4OS/c1-15-9-10-19(13-16(15)2)24-23(26-31-25(32-34-26)18-7-5-4-6-8-18)17(3)33(27(35)30-24)20-11-12-21(28)22(29)14-20/h4-14,24H,1-3H3,(H,30,35). The Kier molecular flexibility index (Phi) is 5.90. The average Bonchev–Trinajstić information content (AvgIpc) is 3.33. The Morgan fingerprint density at radius 3 is 2.40 bits per heavy atom. The van der Waals surface area contributed by atoms with Crippen LogP contribution in [-0.2, 0) is 0 Å². The summed E-state index contributed by atoms with van der Waals surface area (Å²) in [4.78, 5) is 6.33. The molecule has 1 aromatic heterocycles. The number of nitrogens with one attached hydrogen (secondary N) is 1. The zero-order chi connectivity index (χ0) is 24.7. The number of hydrogen-bond acceptors (Lipinski definition) is 4. The molecule has 0 spiro atoms. The second kappa shape index (κ2) is 9.03. The van der Waals surface area contributed by atoms with Crippen LogP contribution in [-0.4, -0.2) is 15.3 Å². The molecule has 3 aromatic carbocycles. The van der Waals surface area contributed by atoms with Crippen molar-refractivity contribution in [2.75, 3.05) is 4.90 Å². The van der Waals surface area contributed by atoms with Crippen LogP contribution in [0, 0.1) is 25.5 Å². The van der Waals surface area contributed by atoms with Crippen LogP contribution in [0.25, 0.3) is 17.0 Å². The molecule has 0 fully saturated rings. The molecule has 1 aliphatic rings. The van der Waals surface area contributed by atoms with E-state index in [2.05, 4.69) is 28.4 Å². The molecular formula is C27H22F2N4OS. The fourth-order valence-corrected chi connectivity index (χ4v) is 4.55. The van der Waals surface area contributed by atoms with Gasteiger partial charge in [-0.3, -0.25) is 4.90 Å². The number of aromatic nitrogens is 2. The van der Waals surface area contributed by atoms with Gasteiger partial charge in [-0.2, -0.15) is 4.98 Å². The maximum absolute atomic E-state index is 14.1. The van der Waals surface area contributed by atoms with E-state index in [0.29, 0.717) is 33.8 Å². The van der Waals surface area contributed by atoms with Gasteiger partial charge < -0.3 is 9.84 Å². The van der Waals surface area contributed by atoms with Crippen molar-refractivity contribution in [3.8, 4) is 11.4 Å². The lowest BCUT2D eigenvalue weighted by molar-refractivity contribution is 0.404. The van der Waals surface area contributed by atoms with Crippen LogP contribution in [0.2, 0.25) is 0 Å². The zero-order valence-electron chi connectivity index (χ0n) is 19.3. The van der Waals surface area contributed by atoms with Gasteiger partial charge in [0.05, 0.1) is 17.3 Å². The molecule has 5 rings (SSSR count). The summed E-state index contributed by atoms with van der Waals surface area (Å²) in [5.74, 6) is -1.12. The second-order valence-electron chi connectivity index (χ2n) is 8.45. The van der Waals surface area contributed by atoms with Crippen LogP contribution in [0.4, 0.5) is 14.5 Å². The van der Waals surface area contributed by atoms with Gasteiger partial charge in [0.1, 0.15) is 0 Å². The summed E-state index contributed by atoms with van der Waals surface area (Å²) >= 11 is 5.68. The summed E-state index contributed by atoms with van der Waals surface area (Å²) < 4.78 is 33.5. The van der Waals surface area contributed by atoms with Gasteiger partial charge >= 0.3 is 0 Å². The van der Waals surface area contributed by atoms with E-state index in [1.807, 2.05) is 56.3 Å². The number of nitrogens with zero attached hydrogens (tertiary/aromatic N) is 3. The van der Waals surface area contributed by atoms with Gasteiger partial charge in [0, 0.05) is 17.3 Å². The minimum absolute atomic E-state index is 0.312. The van der Waals surface area contributed by atoms with E-state index in [1.54, 1.807) is 4.90 Å². The lowest BCUT2D eigenvalue weighted by Crippen LogP contribution is -2.46. The van der Waals surface area contributed by atoms with Crippen LogP contribution in [0.15, 0.2) is 77.0 Å². The second-order valence-corrected chi connectivity index (χ2v) is 8.83. The molecule has 2 heterocycles. The number of halogens is 2. The molecule has 8 heteroatoms. The molecule has 0 radical (unpaired) electrons. The summed E-state index contributed by atoms with van der Waals surface area (Å²) in [6.45, 7) is 5.95. The number of thiocarbonyl (C=S) groups is 1. The molecule has 0 saturated heterocycles. The predicted octanol–water partition coefficient (Wildman–Crippen LogP) is 6.50. The first-order chi connectivity index (χ1) is 16.8. The van der Waals surface area contributed by atoms with Crippen molar-refractivity contribution < 1.29 is 13.3 Å². The van der Waals surface area contributed by atoms with Crippen LogP contribution in [0.5, 0.6) is 0 Å². The normalized spacial score (nSPS) is 16.0. The predicted molar refractivity (Wildman–Crippen MR) is 136 cm³/mol. The van der Waals surface area contributed by atoms with Gasteiger partial charge in [0.15, 0.2) is 16.7 Å². The Bertz CT molecular complexity index is 1470. The molecule has 5 nitrogen and oxygen atoms in total. The highest BCUT2D eigenvalue weighted by Gasteiger charge is 2.35. The topological polar surface area (TPSA) is 54.2 Å². The van der Waals surface area contributed by atoms with Gasteiger partial charge in [0.2, 0.25) is 5.82 Å². The fourth-order valence-electron chi connectivity index (χ4n) is 4.19. The first-order valence-corrected chi connectivity index (χ1v) is 11.5. The van der Waals surface area contributed by atoms with Gasteiger partial charge in [-0.05, 0) is 61.8 Å². The Balaban J connectivity index is 1.68. The monoisotopic (exact) mass is 488 g/mol. The molecule has 0 saturated carbocycles. The molecule has 1 N–H and O–H groups in total. The van der Waals surface area contributed by atoms with E-state index in [4.69, 9.17) is 16.7 Å². The summed E-state index contributed by atoms with van der Waals surface area (Å²) in [6, 6.07) is 19.0. The van der Waals surface area contributed by atoms with E-state index in [0.717, 1.165) is 28.8 Å². The average molecular weight is 489 g/mol.